The van der Waals surface area contributed by atoms with Gasteiger partial charge in [-0.3, -0.25) is 24.0 Å². The van der Waals surface area contributed by atoms with E-state index in [1.165, 1.54) is 0 Å². The molecule has 0 aliphatic carbocycles. The highest BCUT2D eigenvalue weighted by Gasteiger charge is 2.28. The van der Waals surface area contributed by atoms with Crippen LogP contribution in [-0.4, -0.2) is 63.9 Å². The first-order chi connectivity index (χ1) is 12.4. The fourth-order valence-corrected chi connectivity index (χ4v) is 1.94. The number of primary amides is 2. The van der Waals surface area contributed by atoms with Crippen molar-refractivity contribution in [2.24, 2.45) is 17.2 Å². The summed E-state index contributed by atoms with van der Waals surface area (Å²) in [6.45, 7) is 0. The predicted molar refractivity (Wildman–Crippen MR) is 88.6 cm³/mol. The fourth-order valence-electron chi connectivity index (χ4n) is 1.94. The maximum Gasteiger partial charge on any atom is 0.326 e. The summed E-state index contributed by atoms with van der Waals surface area (Å²) in [5.41, 5.74) is 15.4. The summed E-state index contributed by atoms with van der Waals surface area (Å²) in [5.74, 6) is -6.26. The highest BCUT2D eigenvalue weighted by atomic mass is 16.4. The zero-order valence-corrected chi connectivity index (χ0v) is 14.3. The summed E-state index contributed by atoms with van der Waals surface area (Å²) >= 11 is 0. The van der Waals surface area contributed by atoms with Gasteiger partial charge in [-0.15, -0.1) is 0 Å². The molecule has 152 valence electrons. The number of hydrogen-bond donors (Lipinski definition) is 7. The Labute approximate surface area is 153 Å². The quantitative estimate of drug-likeness (QED) is 0.164. The Balaban J connectivity index is 5.12. The van der Waals surface area contributed by atoms with Gasteiger partial charge in [0.2, 0.25) is 23.6 Å². The van der Waals surface area contributed by atoms with Crippen LogP contribution in [0, 0.1) is 0 Å². The van der Waals surface area contributed by atoms with Crippen molar-refractivity contribution in [3.05, 3.63) is 0 Å². The normalized spacial score (nSPS) is 13.7. The van der Waals surface area contributed by atoms with Crippen molar-refractivity contribution >= 4 is 35.6 Å². The lowest BCUT2D eigenvalue weighted by Crippen LogP contribution is -2.55. The number of carbonyl (C=O) groups is 6. The average molecular weight is 389 g/mol. The molecule has 4 amide bonds. The first-order valence-electron chi connectivity index (χ1n) is 7.81. The molecule has 0 saturated carbocycles. The molecule has 0 heterocycles. The van der Waals surface area contributed by atoms with E-state index in [0.717, 1.165) is 0 Å². The number of rotatable bonds is 13. The minimum Gasteiger partial charge on any atom is -0.481 e. The molecule has 13 heteroatoms. The van der Waals surface area contributed by atoms with Crippen LogP contribution in [0.5, 0.6) is 0 Å². The van der Waals surface area contributed by atoms with Crippen LogP contribution in [0.2, 0.25) is 0 Å². The second-order valence-corrected chi connectivity index (χ2v) is 5.67. The number of carboxylic acids is 2. The molecule has 0 aromatic rings. The Kier molecular flexibility index (Phi) is 10.0. The largest absolute Gasteiger partial charge is 0.481 e. The summed E-state index contributed by atoms with van der Waals surface area (Å²) in [7, 11) is 0. The summed E-state index contributed by atoms with van der Waals surface area (Å²) in [5, 5.41) is 21.9. The first-order valence-corrected chi connectivity index (χ1v) is 7.81. The van der Waals surface area contributed by atoms with Crippen molar-refractivity contribution in [3.8, 4) is 0 Å². The lowest BCUT2D eigenvalue weighted by atomic mass is 10.1. The monoisotopic (exact) mass is 389 g/mol. The van der Waals surface area contributed by atoms with Gasteiger partial charge in [0.05, 0.1) is 12.5 Å². The van der Waals surface area contributed by atoms with Crippen molar-refractivity contribution in [1.82, 2.24) is 10.6 Å². The summed E-state index contributed by atoms with van der Waals surface area (Å²) in [6, 6.07) is -4.26. The highest BCUT2D eigenvalue weighted by molar-refractivity contribution is 5.93. The van der Waals surface area contributed by atoms with Crippen LogP contribution in [0.15, 0.2) is 0 Å². The average Bonchev–Trinajstić information content (AvgIpc) is 2.53. The Morgan fingerprint density at radius 3 is 1.74 bits per heavy atom. The molecular formula is C14H23N5O8. The number of aliphatic carboxylic acids is 2. The number of nitrogens with one attached hydrogen (secondary N) is 2. The van der Waals surface area contributed by atoms with Gasteiger partial charge in [0.25, 0.3) is 0 Å². The molecule has 0 aromatic heterocycles. The molecule has 0 fully saturated rings. The molecule has 0 bridgehead atoms. The smallest absolute Gasteiger partial charge is 0.326 e. The van der Waals surface area contributed by atoms with Crippen LogP contribution >= 0.6 is 0 Å². The van der Waals surface area contributed by atoms with E-state index in [-0.39, 0.29) is 12.8 Å². The number of amides is 4. The minimum absolute atomic E-state index is 0.262. The topological polar surface area (TPSA) is 245 Å². The van der Waals surface area contributed by atoms with Gasteiger partial charge in [-0.25, -0.2) is 4.79 Å². The fraction of sp³-hybridized carbons (Fsp3) is 0.571. The molecule has 0 rings (SSSR count). The van der Waals surface area contributed by atoms with E-state index in [0.29, 0.717) is 0 Å². The molecule has 0 aliphatic heterocycles. The third-order valence-corrected chi connectivity index (χ3v) is 3.33. The van der Waals surface area contributed by atoms with Crippen LogP contribution in [-0.2, 0) is 28.8 Å². The Bertz CT molecular complexity index is 608. The molecule has 10 N–H and O–H groups in total. The Morgan fingerprint density at radius 1 is 0.778 bits per heavy atom. The van der Waals surface area contributed by atoms with E-state index >= 15 is 0 Å². The van der Waals surface area contributed by atoms with E-state index in [1.54, 1.807) is 0 Å². The van der Waals surface area contributed by atoms with Gasteiger partial charge in [0.15, 0.2) is 0 Å². The van der Waals surface area contributed by atoms with Gasteiger partial charge in [-0.2, -0.15) is 0 Å². The van der Waals surface area contributed by atoms with Crippen LogP contribution in [0.25, 0.3) is 0 Å². The second-order valence-electron chi connectivity index (χ2n) is 5.67. The van der Waals surface area contributed by atoms with Crippen LogP contribution in [0.1, 0.15) is 32.1 Å². The van der Waals surface area contributed by atoms with Gasteiger partial charge < -0.3 is 38.0 Å². The first kappa shape index (κ1) is 23.8. The molecule has 13 nitrogen and oxygen atoms in total. The summed E-state index contributed by atoms with van der Waals surface area (Å²) < 4.78 is 0. The molecule has 0 radical (unpaired) electrons. The van der Waals surface area contributed by atoms with Gasteiger partial charge in [-0.1, -0.05) is 0 Å². The van der Waals surface area contributed by atoms with Crippen molar-refractivity contribution < 1.29 is 39.0 Å². The number of hydrogen-bond acceptors (Lipinski definition) is 7. The van der Waals surface area contributed by atoms with Crippen LogP contribution < -0.4 is 27.8 Å². The summed E-state index contributed by atoms with van der Waals surface area (Å²) in [6.07, 6.45) is -1.97. The third-order valence-electron chi connectivity index (χ3n) is 3.33. The van der Waals surface area contributed by atoms with E-state index in [1.807, 2.05) is 0 Å². The minimum atomic E-state index is -1.53. The SMILES string of the molecule is NC(=O)CCC(NC(=O)C(N)CC(N)=O)C(=O)NC(CCC(=O)O)C(=O)O. The molecule has 0 aliphatic rings. The molecule has 0 spiro atoms. The lowest BCUT2D eigenvalue weighted by Gasteiger charge is -2.22. The van der Waals surface area contributed by atoms with Gasteiger partial charge in [0, 0.05) is 12.8 Å². The van der Waals surface area contributed by atoms with Crippen LogP contribution in [0.4, 0.5) is 0 Å². The third kappa shape index (κ3) is 10.4. The predicted octanol–water partition coefficient (Wildman–Crippen LogP) is -3.63. The molecule has 0 saturated heterocycles. The Morgan fingerprint density at radius 2 is 1.30 bits per heavy atom. The van der Waals surface area contributed by atoms with Crippen LogP contribution in [0.3, 0.4) is 0 Å². The molecular weight excluding hydrogens is 366 g/mol. The molecule has 3 atom stereocenters. The van der Waals surface area contributed by atoms with Crippen molar-refractivity contribution in [3.63, 3.8) is 0 Å². The maximum absolute atomic E-state index is 12.3. The van der Waals surface area contributed by atoms with E-state index in [4.69, 9.17) is 27.4 Å². The standard InChI is InChI=1S/C14H23N5O8/c15-6(5-10(17)21)12(24)18-7(1-3-9(16)20)13(25)19-8(14(26)27)2-4-11(22)23/h6-8H,1-5,15H2,(H2,16,20)(H2,17,21)(H,18,24)(H,19,25)(H,22,23)(H,26,27). The molecule has 3 unspecified atom stereocenters. The molecule has 0 aromatic carbocycles. The van der Waals surface area contributed by atoms with Crippen molar-refractivity contribution in [2.75, 3.05) is 0 Å². The second kappa shape index (κ2) is 11.4. The molecule has 27 heavy (non-hydrogen) atoms. The van der Waals surface area contributed by atoms with Crippen molar-refractivity contribution in [2.45, 2.75) is 50.2 Å². The maximum atomic E-state index is 12.3. The highest BCUT2D eigenvalue weighted by Crippen LogP contribution is 2.03. The summed E-state index contributed by atoms with van der Waals surface area (Å²) in [4.78, 5) is 67.7. The number of carboxylic acid groups (broad SMARTS) is 2. The number of carbonyl (C=O) groups excluding carboxylic acids is 4. The Hall–Kier alpha value is -3.22. The van der Waals surface area contributed by atoms with Gasteiger partial charge >= 0.3 is 11.9 Å². The lowest BCUT2D eigenvalue weighted by molar-refractivity contribution is -0.143. The van der Waals surface area contributed by atoms with E-state index < -0.39 is 73.0 Å². The van der Waals surface area contributed by atoms with Gasteiger partial charge in [-0.05, 0) is 12.8 Å². The van der Waals surface area contributed by atoms with Crippen molar-refractivity contribution in [1.29, 1.82) is 0 Å². The zero-order chi connectivity index (χ0) is 21.1. The number of nitrogens with two attached hydrogens (primary N) is 3. The van der Waals surface area contributed by atoms with E-state index in [2.05, 4.69) is 10.6 Å². The zero-order valence-electron chi connectivity index (χ0n) is 14.3. The van der Waals surface area contributed by atoms with E-state index in [9.17, 15) is 28.8 Å². The van der Waals surface area contributed by atoms with Gasteiger partial charge in [0.1, 0.15) is 12.1 Å².